The minimum atomic E-state index is -4.75. The number of amides is 1. The van der Waals surface area contributed by atoms with Crippen LogP contribution in [0.5, 0.6) is 0 Å². The third-order valence-corrected chi connectivity index (χ3v) is 5.48. The number of nitrogens with zero attached hydrogens (tertiary/aromatic N) is 4. The number of halogens is 5. The molecule has 1 aromatic heterocycles. The van der Waals surface area contributed by atoms with Crippen molar-refractivity contribution in [1.29, 1.82) is 0 Å². The molecule has 1 aliphatic rings. The lowest BCUT2D eigenvalue weighted by Gasteiger charge is -2.32. The van der Waals surface area contributed by atoms with Crippen LogP contribution in [0.2, 0.25) is 0 Å². The molecule has 1 aromatic carbocycles. The number of rotatable bonds is 4. The molecule has 0 bridgehead atoms. The van der Waals surface area contributed by atoms with Crippen LogP contribution in [0.15, 0.2) is 34.0 Å². The van der Waals surface area contributed by atoms with Gasteiger partial charge in [-0.15, -0.1) is 5.10 Å². The van der Waals surface area contributed by atoms with E-state index in [2.05, 4.69) is 5.10 Å². The van der Waals surface area contributed by atoms with E-state index in [1.807, 2.05) is 0 Å². The van der Waals surface area contributed by atoms with E-state index in [9.17, 15) is 31.5 Å². The molecule has 29 heavy (non-hydrogen) atoms. The summed E-state index contributed by atoms with van der Waals surface area (Å²) in [6.07, 6.45) is -4.30. The predicted octanol–water partition coefficient (Wildman–Crippen LogP) is 3.39. The van der Waals surface area contributed by atoms with E-state index in [4.69, 9.17) is 0 Å². The van der Waals surface area contributed by atoms with Gasteiger partial charge in [-0.2, -0.15) is 22.0 Å². The summed E-state index contributed by atoms with van der Waals surface area (Å²) in [6, 6.07) is 5.43. The number of thioether (sulfide) groups is 1. The van der Waals surface area contributed by atoms with Crippen molar-refractivity contribution >= 4 is 17.7 Å². The Balaban J connectivity index is 1.74. The fourth-order valence-corrected chi connectivity index (χ4v) is 3.90. The molecule has 12 heteroatoms. The molecule has 0 radical (unpaired) electrons. The van der Waals surface area contributed by atoms with E-state index in [0.717, 1.165) is 11.7 Å². The molecule has 2 aromatic rings. The highest BCUT2D eigenvalue weighted by Gasteiger charge is 2.39. The molecule has 0 N–H and O–H groups in total. The number of benzene rings is 1. The molecule has 1 amide bonds. The molecule has 1 saturated heterocycles. The van der Waals surface area contributed by atoms with Gasteiger partial charge in [0.1, 0.15) is 0 Å². The minimum absolute atomic E-state index is 0.144. The van der Waals surface area contributed by atoms with Gasteiger partial charge < -0.3 is 4.90 Å². The van der Waals surface area contributed by atoms with E-state index >= 15 is 0 Å². The second-order valence-electron chi connectivity index (χ2n) is 6.51. The maximum Gasteiger partial charge on any atom is 0.451 e. The number of hydrogen-bond donors (Lipinski definition) is 0. The van der Waals surface area contributed by atoms with Crippen molar-refractivity contribution in [3.05, 3.63) is 46.1 Å². The van der Waals surface area contributed by atoms with Crippen molar-refractivity contribution < 1.29 is 26.7 Å². The Kier molecular flexibility index (Phi) is 6.01. The summed E-state index contributed by atoms with van der Waals surface area (Å²) in [4.78, 5) is 26.5. The average Bonchev–Trinajstić information content (AvgIpc) is 2.97. The van der Waals surface area contributed by atoms with Crippen molar-refractivity contribution in [2.24, 2.45) is 7.05 Å². The molecule has 3 rings (SSSR count). The Morgan fingerprint density at radius 2 is 1.83 bits per heavy atom. The van der Waals surface area contributed by atoms with Crippen molar-refractivity contribution in [2.75, 3.05) is 13.1 Å². The molecule has 0 saturated carbocycles. The standard InChI is InChI=1S/C17H17F5N4O2S/c1-24-14(17(20,21)22)23-26(16(24)28)10-6-8-25(9-7-10)13(27)11-4-2-3-5-12(11)29-15(18)19/h2-5,10,15H,6-9H2,1H3. The van der Waals surface area contributed by atoms with E-state index in [1.54, 1.807) is 12.1 Å². The van der Waals surface area contributed by atoms with Crippen LogP contribution in [0, 0.1) is 0 Å². The Morgan fingerprint density at radius 1 is 1.21 bits per heavy atom. The lowest BCUT2D eigenvalue weighted by molar-refractivity contribution is -0.147. The molecule has 158 valence electrons. The summed E-state index contributed by atoms with van der Waals surface area (Å²) in [7, 11) is 1.00. The Bertz CT molecular complexity index is 948. The first-order valence-corrected chi connectivity index (χ1v) is 9.53. The van der Waals surface area contributed by atoms with Gasteiger partial charge in [-0.1, -0.05) is 23.9 Å². The lowest BCUT2D eigenvalue weighted by Crippen LogP contribution is -2.41. The van der Waals surface area contributed by atoms with Gasteiger partial charge >= 0.3 is 11.9 Å². The Morgan fingerprint density at radius 3 is 2.38 bits per heavy atom. The van der Waals surface area contributed by atoms with Crippen LogP contribution >= 0.6 is 11.8 Å². The number of likely N-dealkylation sites (tertiary alicyclic amines) is 1. The van der Waals surface area contributed by atoms with Crippen LogP contribution in [0.3, 0.4) is 0 Å². The number of alkyl halides is 5. The summed E-state index contributed by atoms with van der Waals surface area (Å²) in [5, 5.41) is 3.43. The van der Waals surface area contributed by atoms with Crippen LogP contribution < -0.4 is 5.69 Å². The number of carbonyl (C=O) groups excluding carboxylic acids is 1. The lowest BCUT2D eigenvalue weighted by atomic mass is 10.0. The number of hydrogen-bond acceptors (Lipinski definition) is 4. The Labute approximate surface area is 166 Å². The maximum absolute atomic E-state index is 12.9. The van der Waals surface area contributed by atoms with E-state index < -0.39 is 35.4 Å². The zero-order valence-corrected chi connectivity index (χ0v) is 16.0. The first-order valence-electron chi connectivity index (χ1n) is 8.65. The SMILES string of the molecule is Cn1c(C(F)(F)F)nn(C2CCN(C(=O)c3ccccc3SC(F)F)CC2)c1=O. The molecule has 1 aliphatic heterocycles. The summed E-state index contributed by atoms with van der Waals surface area (Å²) < 4.78 is 65.5. The fraction of sp³-hybridized carbons (Fsp3) is 0.471. The highest BCUT2D eigenvalue weighted by molar-refractivity contribution is 7.99. The van der Waals surface area contributed by atoms with Crippen LogP contribution in [-0.4, -0.2) is 44.0 Å². The number of piperidine rings is 1. The third kappa shape index (κ3) is 4.46. The maximum atomic E-state index is 12.9. The normalized spacial score (nSPS) is 15.9. The highest BCUT2D eigenvalue weighted by atomic mass is 32.2. The first-order chi connectivity index (χ1) is 13.6. The molecular formula is C17H17F5N4O2S. The highest BCUT2D eigenvalue weighted by Crippen LogP contribution is 2.31. The van der Waals surface area contributed by atoms with Crippen LogP contribution in [-0.2, 0) is 13.2 Å². The quantitative estimate of drug-likeness (QED) is 0.545. The largest absolute Gasteiger partial charge is 0.451 e. The topological polar surface area (TPSA) is 60.1 Å². The van der Waals surface area contributed by atoms with E-state index in [-0.39, 0.29) is 48.2 Å². The van der Waals surface area contributed by atoms with Gasteiger partial charge in [-0.3, -0.25) is 9.36 Å². The molecule has 2 heterocycles. The molecule has 0 aliphatic carbocycles. The van der Waals surface area contributed by atoms with E-state index in [1.165, 1.54) is 17.0 Å². The minimum Gasteiger partial charge on any atom is -0.338 e. The second kappa shape index (κ2) is 8.17. The average molecular weight is 436 g/mol. The van der Waals surface area contributed by atoms with Gasteiger partial charge in [-0.25, -0.2) is 9.48 Å². The van der Waals surface area contributed by atoms with E-state index in [0.29, 0.717) is 4.57 Å². The number of carbonyl (C=O) groups is 1. The third-order valence-electron chi connectivity index (χ3n) is 4.69. The van der Waals surface area contributed by atoms with Crippen LogP contribution in [0.4, 0.5) is 22.0 Å². The first kappa shape index (κ1) is 21.3. The molecular weight excluding hydrogens is 419 g/mol. The van der Waals surface area contributed by atoms with Gasteiger partial charge in [0.05, 0.1) is 11.6 Å². The molecule has 0 unspecified atom stereocenters. The zero-order chi connectivity index (χ0) is 21.3. The fourth-order valence-electron chi connectivity index (χ4n) is 3.27. The van der Waals surface area contributed by atoms with Crippen molar-refractivity contribution in [2.45, 2.75) is 35.7 Å². The molecule has 1 fully saturated rings. The summed E-state index contributed by atoms with van der Waals surface area (Å²) in [5.74, 6) is -4.39. The van der Waals surface area contributed by atoms with Crippen LogP contribution in [0.25, 0.3) is 0 Å². The summed E-state index contributed by atoms with van der Waals surface area (Å²) in [6.45, 7) is 0.336. The zero-order valence-electron chi connectivity index (χ0n) is 15.2. The monoisotopic (exact) mass is 436 g/mol. The van der Waals surface area contributed by atoms with Gasteiger partial charge in [0, 0.05) is 25.0 Å². The second-order valence-corrected chi connectivity index (χ2v) is 7.54. The predicted molar refractivity (Wildman–Crippen MR) is 94.9 cm³/mol. The molecule has 0 spiro atoms. The summed E-state index contributed by atoms with van der Waals surface area (Å²) in [5.41, 5.74) is -0.730. The van der Waals surface area contributed by atoms with Gasteiger partial charge in [-0.05, 0) is 25.0 Å². The van der Waals surface area contributed by atoms with Crippen molar-refractivity contribution in [3.63, 3.8) is 0 Å². The van der Waals surface area contributed by atoms with Crippen molar-refractivity contribution in [1.82, 2.24) is 19.2 Å². The van der Waals surface area contributed by atoms with Crippen LogP contribution in [0.1, 0.15) is 35.1 Å². The smallest absolute Gasteiger partial charge is 0.338 e. The van der Waals surface area contributed by atoms with Gasteiger partial charge in [0.25, 0.3) is 11.7 Å². The number of aromatic nitrogens is 3. The summed E-state index contributed by atoms with van der Waals surface area (Å²) >= 11 is 0.278. The Hall–Kier alpha value is -2.37. The molecule has 0 atom stereocenters. The molecule has 6 nitrogen and oxygen atoms in total. The van der Waals surface area contributed by atoms with Crippen molar-refractivity contribution in [3.8, 4) is 0 Å². The van der Waals surface area contributed by atoms with Gasteiger partial charge in [0.15, 0.2) is 0 Å². The van der Waals surface area contributed by atoms with Gasteiger partial charge in [0.2, 0.25) is 5.82 Å².